The summed E-state index contributed by atoms with van der Waals surface area (Å²) in [5.74, 6) is 0.366. The monoisotopic (exact) mass is 422 g/mol. The third kappa shape index (κ3) is 3.11. The van der Waals surface area contributed by atoms with Gasteiger partial charge in [-0.25, -0.2) is 0 Å². The molecule has 2 aliphatic carbocycles. The minimum absolute atomic E-state index is 0.366. The van der Waals surface area contributed by atoms with Gasteiger partial charge in [-0.3, -0.25) is 0 Å². The molecule has 0 saturated carbocycles. The van der Waals surface area contributed by atoms with Gasteiger partial charge in [0.1, 0.15) is 5.75 Å². The lowest BCUT2D eigenvalue weighted by atomic mass is 10.1. The van der Waals surface area contributed by atoms with Gasteiger partial charge >= 0.3 is 0 Å². The highest BCUT2D eigenvalue weighted by molar-refractivity contribution is 9.11. The molecule has 0 amide bonds. The zero-order valence-electron chi connectivity index (χ0n) is 12.8. The largest absolute Gasteiger partial charge is 0.507 e. The van der Waals surface area contributed by atoms with E-state index in [9.17, 15) is 5.11 Å². The van der Waals surface area contributed by atoms with E-state index in [0.29, 0.717) is 5.75 Å². The third-order valence-electron chi connectivity index (χ3n) is 4.60. The van der Waals surface area contributed by atoms with Crippen LogP contribution in [0.4, 0.5) is 0 Å². The number of phenols is 1. The Morgan fingerprint density at radius 2 is 1.32 bits per heavy atom. The zero-order valence-corrected chi connectivity index (χ0v) is 15.9. The predicted molar refractivity (Wildman–Crippen MR) is 98.7 cm³/mol. The first-order valence-corrected chi connectivity index (χ1v) is 9.42. The second-order valence-corrected chi connectivity index (χ2v) is 7.66. The minimum atomic E-state index is 0.366. The highest BCUT2D eigenvalue weighted by Gasteiger charge is 2.15. The topological polar surface area (TPSA) is 20.2 Å². The van der Waals surface area contributed by atoms with Crippen LogP contribution in [0.3, 0.4) is 0 Å². The lowest BCUT2D eigenvalue weighted by Gasteiger charge is -2.04. The van der Waals surface area contributed by atoms with E-state index in [1.807, 2.05) is 6.07 Å². The molecule has 1 N–H and O–H groups in total. The first-order valence-electron chi connectivity index (χ1n) is 7.84. The maximum Gasteiger partial charge on any atom is 0.130 e. The summed E-state index contributed by atoms with van der Waals surface area (Å²) in [7, 11) is 0. The molecule has 4 rings (SSSR count). The molecule has 116 valence electrons. The molecule has 0 fully saturated rings. The van der Waals surface area contributed by atoms with Crippen molar-refractivity contribution in [3.63, 3.8) is 0 Å². The number of fused-ring (bicyclic) bond motifs is 2. The number of rotatable bonds is 0. The fraction of sp³-hybridized carbons (Fsp3) is 0.368. The summed E-state index contributed by atoms with van der Waals surface area (Å²) in [6.07, 6.45) is 7.35. The van der Waals surface area contributed by atoms with Crippen molar-refractivity contribution in [2.75, 3.05) is 0 Å². The van der Waals surface area contributed by atoms with Crippen LogP contribution in [-0.2, 0) is 25.7 Å². The minimum Gasteiger partial charge on any atom is -0.507 e. The molecule has 0 atom stereocenters. The lowest BCUT2D eigenvalue weighted by molar-refractivity contribution is 0.471. The van der Waals surface area contributed by atoms with Gasteiger partial charge in [0, 0.05) is 4.47 Å². The van der Waals surface area contributed by atoms with Crippen molar-refractivity contribution in [1.82, 2.24) is 0 Å². The summed E-state index contributed by atoms with van der Waals surface area (Å²) in [6, 6.07) is 8.24. The number of hydrogen-bond donors (Lipinski definition) is 1. The van der Waals surface area contributed by atoms with Crippen LogP contribution < -0.4 is 0 Å². The molecule has 0 aromatic heterocycles. The predicted octanol–water partition coefficient (Wildman–Crippen LogP) is 5.89. The molecule has 0 heterocycles. The maximum absolute atomic E-state index is 9.34. The first kappa shape index (κ1) is 16.1. The van der Waals surface area contributed by atoms with Crippen molar-refractivity contribution in [2.24, 2.45) is 0 Å². The van der Waals surface area contributed by atoms with Crippen LogP contribution in [0.25, 0.3) is 0 Å². The van der Waals surface area contributed by atoms with Crippen molar-refractivity contribution in [1.29, 1.82) is 0 Å². The molecule has 3 heteroatoms. The van der Waals surface area contributed by atoms with E-state index in [1.165, 1.54) is 46.8 Å². The number of aryl methyl sites for hydroxylation is 3. The van der Waals surface area contributed by atoms with Gasteiger partial charge in [-0.1, -0.05) is 34.1 Å². The molecule has 1 nitrogen and oxygen atoms in total. The van der Waals surface area contributed by atoms with E-state index in [1.54, 1.807) is 17.2 Å². The Bertz CT molecular complexity index is 646. The van der Waals surface area contributed by atoms with Gasteiger partial charge in [-0.05, 0) is 95.3 Å². The van der Waals surface area contributed by atoms with Gasteiger partial charge in [0.05, 0.1) is 4.47 Å². The quantitative estimate of drug-likeness (QED) is 0.560. The molecule has 0 aliphatic heterocycles. The number of phenolic OH excluding ortho intramolecular Hbond substituents is 1. The van der Waals surface area contributed by atoms with E-state index in [2.05, 4.69) is 50.9 Å². The Kier molecular flexibility index (Phi) is 4.94. The first-order chi connectivity index (χ1) is 10.6. The number of aromatic hydroxyl groups is 1. The van der Waals surface area contributed by atoms with E-state index in [0.717, 1.165) is 17.3 Å². The van der Waals surface area contributed by atoms with Gasteiger partial charge in [0.2, 0.25) is 0 Å². The van der Waals surface area contributed by atoms with Crippen molar-refractivity contribution in [3.8, 4) is 5.75 Å². The molecule has 0 unspecified atom stereocenters. The van der Waals surface area contributed by atoms with Gasteiger partial charge in [0.25, 0.3) is 0 Å². The number of benzene rings is 2. The van der Waals surface area contributed by atoms with Gasteiger partial charge in [-0.15, -0.1) is 0 Å². The standard InChI is InChI=1S/C10H11Br.C9H9BrO/c1-7-5-6-8-3-2-4-9(8)10(7)11;10-9-7-3-1-2-6(7)4-5-8(9)11/h5-6H,2-4H2,1H3;4-5,11H,1-3H2. The highest BCUT2D eigenvalue weighted by atomic mass is 79.9. The van der Waals surface area contributed by atoms with E-state index < -0.39 is 0 Å². The lowest BCUT2D eigenvalue weighted by Crippen LogP contribution is -1.86. The fourth-order valence-corrected chi connectivity index (χ4v) is 4.52. The van der Waals surface area contributed by atoms with Crippen LogP contribution >= 0.6 is 31.9 Å². The van der Waals surface area contributed by atoms with Crippen LogP contribution in [0, 0.1) is 6.92 Å². The van der Waals surface area contributed by atoms with Crippen LogP contribution in [0.15, 0.2) is 33.2 Å². The SMILES string of the molecule is Cc1ccc2c(c1Br)CCC2.Oc1ccc2c(c1Br)CCC2. The molecule has 22 heavy (non-hydrogen) atoms. The summed E-state index contributed by atoms with van der Waals surface area (Å²) in [4.78, 5) is 0. The third-order valence-corrected chi connectivity index (χ3v) is 6.59. The number of halogens is 2. The average Bonchev–Trinajstić information content (AvgIpc) is 3.16. The zero-order chi connectivity index (χ0) is 15.7. The van der Waals surface area contributed by atoms with E-state index in [-0.39, 0.29) is 0 Å². The second kappa shape index (κ2) is 6.76. The Balaban J connectivity index is 0.000000131. The molecule has 0 bridgehead atoms. The molecule has 0 spiro atoms. The molecule has 0 saturated heterocycles. The summed E-state index contributed by atoms with van der Waals surface area (Å²) >= 11 is 7.01. The Hall–Kier alpha value is -0.800. The van der Waals surface area contributed by atoms with Crippen molar-refractivity contribution in [3.05, 3.63) is 61.0 Å². The molecular weight excluding hydrogens is 404 g/mol. The molecule has 2 aliphatic rings. The molecular formula is C19H20Br2O. The molecule has 2 aromatic carbocycles. The number of hydrogen-bond acceptors (Lipinski definition) is 1. The second-order valence-electron chi connectivity index (χ2n) is 6.08. The summed E-state index contributed by atoms with van der Waals surface area (Å²) < 4.78 is 2.24. The summed E-state index contributed by atoms with van der Waals surface area (Å²) in [5.41, 5.74) is 7.14. The van der Waals surface area contributed by atoms with E-state index >= 15 is 0 Å². The Labute approximate surface area is 149 Å². The van der Waals surface area contributed by atoms with Crippen molar-refractivity contribution < 1.29 is 5.11 Å². The summed E-state index contributed by atoms with van der Waals surface area (Å²) in [6.45, 7) is 2.16. The van der Waals surface area contributed by atoms with Gasteiger partial charge in [-0.2, -0.15) is 0 Å². The smallest absolute Gasteiger partial charge is 0.130 e. The average molecular weight is 424 g/mol. The van der Waals surface area contributed by atoms with E-state index in [4.69, 9.17) is 0 Å². The normalized spacial score (nSPS) is 15.0. The van der Waals surface area contributed by atoms with Crippen LogP contribution in [0.5, 0.6) is 5.75 Å². The van der Waals surface area contributed by atoms with Crippen molar-refractivity contribution in [2.45, 2.75) is 45.4 Å². The Morgan fingerprint density at radius 3 is 1.95 bits per heavy atom. The molecule has 2 aromatic rings. The van der Waals surface area contributed by atoms with Crippen LogP contribution in [0.1, 0.15) is 40.7 Å². The molecule has 0 radical (unpaired) electrons. The van der Waals surface area contributed by atoms with Gasteiger partial charge in [0.15, 0.2) is 0 Å². The highest BCUT2D eigenvalue weighted by Crippen LogP contribution is 2.35. The van der Waals surface area contributed by atoms with Crippen LogP contribution in [0.2, 0.25) is 0 Å². The van der Waals surface area contributed by atoms with Gasteiger partial charge < -0.3 is 5.11 Å². The van der Waals surface area contributed by atoms with Crippen LogP contribution in [-0.4, -0.2) is 5.11 Å². The summed E-state index contributed by atoms with van der Waals surface area (Å²) in [5, 5.41) is 9.34. The maximum atomic E-state index is 9.34. The fourth-order valence-electron chi connectivity index (χ4n) is 3.35. The Morgan fingerprint density at radius 1 is 0.773 bits per heavy atom. The van der Waals surface area contributed by atoms with Crippen molar-refractivity contribution >= 4 is 31.9 Å².